The Balaban J connectivity index is 1.56. The molecule has 0 aliphatic carbocycles. The molecule has 1 aliphatic heterocycles. The smallest absolute Gasteiger partial charge is 0.234 e. The molecule has 1 aromatic heterocycles. The summed E-state index contributed by atoms with van der Waals surface area (Å²) in [7, 11) is 0. The first kappa shape index (κ1) is 15.5. The summed E-state index contributed by atoms with van der Waals surface area (Å²) in [5.74, 6) is 0.609. The second-order valence-corrected chi connectivity index (χ2v) is 5.82. The molecule has 2 heterocycles. The third-order valence-corrected chi connectivity index (χ3v) is 4.16. The van der Waals surface area contributed by atoms with Gasteiger partial charge in [0, 0.05) is 18.9 Å². The number of nitrogens with two attached hydrogens (primary N) is 1. The Morgan fingerprint density at radius 3 is 2.61 bits per heavy atom. The lowest BCUT2D eigenvalue weighted by molar-refractivity contribution is -0.122. The first-order valence-corrected chi connectivity index (χ1v) is 7.86. The Labute approximate surface area is 136 Å². The number of carbonyl (C=O) groups excluding carboxylic acids is 1. The molecule has 1 saturated heterocycles. The van der Waals surface area contributed by atoms with E-state index >= 15 is 0 Å². The Kier molecular flexibility index (Phi) is 4.88. The van der Waals surface area contributed by atoms with Crippen molar-refractivity contribution in [3.63, 3.8) is 0 Å². The lowest BCUT2D eigenvalue weighted by atomic mass is 10.1. The third kappa shape index (κ3) is 4.07. The van der Waals surface area contributed by atoms with Crippen LogP contribution in [0, 0.1) is 0 Å². The zero-order chi connectivity index (χ0) is 16.1. The lowest BCUT2D eigenvalue weighted by Crippen LogP contribution is -2.39. The molecule has 3 rings (SSSR count). The van der Waals surface area contributed by atoms with Crippen molar-refractivity contribution in [2.24, 2.45) is 5.73 Å². The van der Waals surface area contributed by atoms with E-state index in [1.54, 1.807) is 12.4 Å². The van der Waals surface area contributed by atoms with Crippen molar-refractivity contribution >= 4 is 5.91 Å². The molecule has 1 amide bonds. The average molecular weight is 311 g/mol. The highest BCUT2D eigenvalue weighted by Crippen LogP contribution is 2.21. The van der Waals surface area contributed by atoms with Gasteiger partial charge in [0.15, 0.2) is 0 Å². The topological polar surface area (TPSA) is 68.5 Å². The minimum absolute atomic E-state index is 0.127. The van der Waals surface area contributed by atoms with Crippen LogP contribution in [0.5, 0.6) is 5.75 Å². The molecule has 1 unspecified atom stereocenters. The van der Waals surface area contributed by atoms with Crippen LogP contribution in [0.15, 0.2) is 48.8 Å². The van der Waals surface area contributed by atoms with Crippen molar-refractivity contribution in [3.05, 3.63) is 59.9 Å². The predicted octanol–water partition coefficient (Wildman–Crippen LogP) is 2.11. The van der Waals surface area contributed by atoms with E-state index in [0.29, 0.717) is 6.61 Å². The van der Waals surface area contributed by atoms with E-state index in [4.69, 9.17) is 10.5 Å². The van der Waals surface area contributed by atoms with E-state index in [9.17, 15) is 4.79 Å². The van der Waals surface area contributed by atoms with Gasteiger partial charge in [0.25, 0.3) is 0 Å². The largest absolute Gasteiger partial charge is 0.489 e. The molecule has 0 radical (unpaired) electrons. The summed E-state index contributed by atoms with van der Waals surface area (Å²) in [5.41, 5.74) is 7.71. The van der Waals surface area contributed by atoms with E-state index < -0.39 is 0 Å². The first-order valence-electron chi connectivity index (χ1n) is 7.86. The maximum atomic E-state index is 11.4. The first-order chi connectivity index (χ1) is 11.2. The van der Waals surface area contributed by atoms with Crippen molar-refractivity contribution in [3.8, 4) is 5.75 Å². The fourth-order valence-electron chi connectivity index (χ4n) is 2.91. The molecular formula is C18H21N3O2. The molecule has 0 saturated carbocycles. The number of likely N-dealkylation sites (tertiary alicyclic amines) is 1. The Morgan fingerprint density at radius 1 is 1.17 bits per heavy atom. The van der Waals surface area contributed by atoms with Gasteiger partial charge in [0.05, 0.1) is 6.04 Å². The van der Waals surface area contributed by atoms with Gasteiger partial charge in [-0.1, -0.05) is 12.1 Å². The number of pyridine rings is 1. The predicted molar refractivity (Wildman–Crippen MR) is 87.6 cm³/mol. The zero-order valence-corrected chi connectivity index (χ0v) is 13.0. The highest BCUT2D eigenvalue weighted by molar-refractivity contribution is 5.80. The zero-order valence-electron chi connectivity index (χ0n) is 13.0. The normalized spacial score (nSPS) is 18.0. The summed E-state index contributed by atoms with van der Waals surface area (Å²) in [4.78, 5) is 17.6. The molecule has 2 aromatic rings. The molecule has 1 aliphatic rings. The van der Waals surface area contributed by atoms with Crippen LogP contribution in [-0.4, -0.2) is 28.4 Å². The molecule has 0 bridgehead atoms. The second-order valence-electron chi connectivity index (χ2n) is 5.82. The highest BCUT2D eigenvalue weighted by Gasteiger charge is 2.28. The molecule has 0 spiro atoms. The monoisotopic (exact) mass is 311 g/mol. The van der Waals surface area contributed by atoms with Crippen molar-refractivity contribution in [1.29, 1.82) is 0 Å². The molecule has 5 nitrogen and oxygen atoms in total. The van der Waals surface area contributed by atoms with E-state index in [0.717, 1.165) is 42.8 Å². The van der Waals surface area contributed by atoms with Gasteiger partial charge in [0.1, 0.15) is 12.4 Å². The number of hydrogen-bond acceptors (Lipinski definition) is 4. The summed E-state index contributed by atoms with van der Waals surface area (Å²) >= 11 is 0. The summed E-state index contributed by atoms with van der Waals surface area (Å²) in [5, 5.41) is 0. The number of aromatic nitrogens is 1. The Morgan fingerprint density at radius 2 is 1.91 bits per heavy atom. The van der Waals surface area contributed by atoms with Crippen molar-refractivity contribution < 1.29 is 9.53 Å². The van der Waals surface area contributed by atoms with Gasteiger partial charge in [-0.3, -0.25) is 14.7 Å². The standard InChI is InChI=1S/C18H21N3O2/c19-18(22)17-2-1-11-21(17)12-14-3-5-16(6-4-14)23-13-15-7-9-20-10-8-15/h3-10,17H,1-2,11-13H2,(H2,19,22). The van der Waals surface area contributed by atoms with Crippen LogP contribution >= 0.6 is 0 Å². The van der Waals surface area contributed by atoms with E-state index in [2.05, 4.69) is 9.88 Å². The summed E-state index contributed by atoms with van der Waals surface area (Å²) in [6.07, 6.45) is 5.41. The van der Waals surface area contributed by atoms with E-state index in [1.165, 1.54) is 0 Å². The molecule has 2 N–H and O–H groups in total. The van der Waals surface area contributed by atoms with Crippen molar-refractivity contribution in [1.82, 2.24) is 9.88 Å². The van der Waals surface area contributed by atoms with Crippen molar-refractivity contribution in [2.45, 2.75) is 32.0 Å². The SMILES string of the molecule is NC(=O)C1CCCN1Cc1ccc(OCc2ccncc2)cc1. The molecule has 23 heavy (non-hydrogen) atoms. The Hall–Kier alpha value is -2.40. The number of primary amides is 1. The van der Waals surface area contributed by atoms with Crippen molar-refractivity contribution in [2.75, 3.05) is 6.54 Å². The van der Waals surface area contributed by atoms with Gasteiger partial charge in [-0.15, -0.1) is 0 Å². The minimum Gasteiger partial charge on any atom is -0.489 e. The summed E-state index contributed by atoms with van der Waals surface area (Å²) < 4.78 is 5.76. The van der Waals surface area contributed by atoms with Crippen LogP contribution in [0.3, 0.4) is 0 Å². The van der Waals surface area contributed by atoms with Gasteiger partial charge in [-0.2, -0.15) is 0 Å². The molecular weight excluding hydrogens is 290 g/mol. The highest BCUT2D eigenvalue weighted by atomic mass is 16.5. The number of rotatable bonds is 6. The van der Waals surface area contributed by atoms with Crippen LogP contribution in [-0.2, 0) is 17.9 Å². The molecule has 1 atom stereocenters. The van der Waals surface area contributed by atoms with Gasteiger partial charge >= 0.3 is 0 Å². The maximum absolute atomic E-state index is 11.4. The number of benzene rings is 1. The number of amides is 1. The fraction of sp³-hybridized carbons (Fsp3) is 0.333. The van der Waals surface area contributed by atoms with Gasteiger partial charge < -0.3 is 10.5 Å². The van der Waals surface area contributed by atoms with Crippen LogP contribution in [0.25, 0.3) is 0 Å². The maximum Gasteiger partial charge on any atom is 0.234 e. The number of nitrogens with zero attached hydrogens (tertiary/aromatic N) is 2. The van der Waals surface area contributed by atoms with Gasteiger partial charge in [-0.05, 0) is 54.8 Å². The lowest BCUT2D eigenvalue weighted by Gasteiger charge is -2.21. The molecule has 5 heteroatoms. The van der Waals surface area contributed by atoms with Crippen LogP contribution in [0.1, 0.15) is 24.0 Å². The van der Waals surface area contributed by atoms with Crippen LogP contribution in [0.4, 0.5) is 0 Å². The number of hydrogen-bond donors (Lipinski definition) is 1. The summed E-state index contributed by atoms with van der Waals surface area (Å²) in [6.45, 7) is 2.20. The van der Waals surface area contributed by atoms with E-state index in [1.807, 2.05) is 36.4 Å². The quantitative estimate of drug-likeness (QED) is 0.887. The average Bonchev–Trinajstić information content (AvgIpc) is 3.04. The molecule has 120 valence electrons. The molecule has 1 fully saturated rings. The molecule has 1 aromatic carbocycles. The summed E-state index contributed by atoms with van der Waals surface area (Å²) in [6, 6.07) is 11.8. The Bertz CT molecular complexity index is 643. The van der Waals surface area contributed by atoms with E-state index in [-0.39, 0.29) is 11.9 Å². The second kappa shape index (κ2) is 7.24. The third-order valence-electron chi connectivity index (χ3n) is 4.16. The van der Waals surface area contributed by atoms with Gasteiger partial charge in [-0.25, -0.2) is 0 Å². The number of carbonyl (C=O) groups is 1. The number of ether oxygens (including phenoxy) is 1. The van der Waals surface area contributed by atoms with Crippen LogP contribution < -0.4 is 10.5 Å². The fourth-order valence-corrected chi connectivity index (χ4v) is 2.91. The van der Waals surface area contributed by atoms with Gasteiger partial charge in [0.2, 0.25) is 5.91 Å². The van der Waals surface area contributed by atoms with Crippen LogP contribution in [0.2, 0.25) is 0 Å². The minimum atomic E-state index is -0.222.